The molecule has 24 heavy (non-hydrogen) atoms. The van der Waals surface area contributed by atoms with E-state index in [-0.39, 0.29) is 6.09 Å². The fourth-order valence-corrected chi connectivity index (χ4v) is 2.71. The lowest BCUT2D eigenvalue weighted by Gasteiger charge is -2.36. The van der Waals surface area contributed by atoms with Crippen LogP contribution in [0.1, 0.15) is 32.3 Å². The highest BCUT2D eigenvalue weighted by atomic mass is 16.6. The standard InChI is InChI=1S/C18H26N2O4/c1-18(2,3)24-17(23)20-11-9-19(10-12-20)13-15(16(21)22)14-7-5-4-6-8-14/h4-8,15H,9-13H2,1-3H3,(H,21,22). The van der Waals surface area contributed by atoms with E-state index in [1.54, 1.807) is 4.90 Å². The number of carboxylic acids is 1. The van der Waals surface area contributed by atoms with Gasteiger partial charge in [0.2, 0.25) is 0 Å². The van der Waals surface area contributed by atoms with E-state index in [2.05, 4.69) is 4.90 Å². The van der Waals surface area contributed by atoms with Crippen LogP contribution < -0.4 is 0 Å². The first-order valence-corrected chi connectivity index (χ1v) is 8.24. The molecule has 6 nitrogen and oxygen atoms in total. The van der Waals surface area contributed by atoms with E-state index in [1.165, 1.54) is 0 Å². The highest BCUT2D eigenvalue weighted by Crippen LogP contribution is 2.19. The van der Waals surface area contributed by atoms with Gasteiger partial charge in [-0.05, 0) is 26.3 Å². The first-order chi connectivity index (χ1) is 11.3. The number of amides is 1. The molecule has 1 unspecified atom stereocenters. The summed E-state index contributed by atoms with van der Waals surface area (Å²) in [7, 11) is 0. The number of nitrogens with zero attached hydrogens (tertiary/aromatic N) is 2. The van der Waals surface area contributed by atoms with Gasteiger partial charge in [-0.2, -0.15) is 0 Å². The van der Waals surface area contributed by atoms with Gasteiger partial charge in [-0.25, -0.2) is 4.79 Å². The zero-order valence-electron chi connectivity index (χ0n) is 14.6. The minimum absolute atomic E-state index is 0.306. The van der Waals surface area contributed by atoms with Gasteiger partial charge in [0.1, 0.15) is 5.60 Å². The van der Waals surface area contributed by atoms with Crippen molar-refractivity contribution in [1.29, 1.82) is 0 Å². The molecule has 0 bridgehead atoms. The number of hydrogen-bond donors (Lipinski definition) is 1. The minimum Gasteiger partial charge on any atom is -0.481 e. The Kier molecular flexibility index (Phi) is 5.83. The van der Waals surface area contributed by atoms with Gasteiger partial charge in [0.15, 0.2) is 0 Å². The largest absolute Gasteiger partial charge is 0.481 e. The Labute approximate surface area is 143 Å². The van der Waals surface area contributed by atoms with Crippen molar-refractivity contribution < 1.29 is 19.4 Å². The summed E-state index contributed by atoms with van der Waals surface area (Å²) in [6.07, 6.45) is -0.306. The Hall–Kier alpha value is -2.08. The molecule has 0 radical (unpaired) electrons. The number of aliphatic carboxylic acids is 1. The van der Waals surface area contributed by atoms with Crippen LogP contribution >= 0.6 is 0 Å². The average molecular weight is 334 g/mol. The molecule has 6 heteroatoms. The second-order valence-corrected chi connectivity index (χ2v) is 7.07. The zero-order chi connectivity index (χ0) is 17.7. The maximum Gasteiger partial charge on any atom is 0.410 e. The second kappa shape index (κ2) is 7.66. The van der Waals surface area contributed by atoms with Crippen molar-refractivity contribution in [3.8, 4) is 0 Å². The Morgan fingerprint density at radius 2 is 1.71 bits per heavy atom. The van der Waals surface area contributed by atoms with E-state index in [4.69, 9.17) is 4.74 Å². The molecular formula is C18H26N2O4. The summed E-state index contributed by atoms with van der Waals surface area (Å²) in [6.45, 7) is 8.38. The summed E-state index contributed by atoms with van der Waals surface area (Å²) in [6, 6.07) is 9.27. The van der Waals surface area contributed by atoms with Gasteiger partial charge in [0.25, 0.3) is 0 Å². The number of carbonyl (C=O) groups excluding carboxylic acids is 1. The molecule has 1 atom stereocenters. The quantitative estimate of drug-likeness (QED) is 0.915. The number of carboxylic acid groups (broad SMARTS) is 1. The van der Waals surface area contributed by atoms with Crippen LogP contribution in [-0.2, 0) is 9.53 Å². The molecule has 1 amide bonds. The van der Waals surface area contributed by atoms with E-state index in [9.17, 15) is 14.7 Å². The molecule has 2 rings (SSSR count). The van der Waals surface area contributed by atoms with Gasteiger partial charge in [-0.3, -0.25) is 9.69 Å². The first-order valence-electron chi connectivity index (χ1n) is 8.24. The van der Waals surface area contributed by atoms with E-state index in [1.807, 2.05) is 51.1 Å². The van der Waals surface area contributed by atoms with Gasteiger partial charge in [0, 0.05) is 32.7 Å². The predicted molar refractivity (Wildman–Crippen MR) is 91.1 cm³/mol. The van der Waals surface area contributed by atoms with Gasteiger partial charge < -0.3 is 14.7 Å². The van der Waals surface area contributed by atoms with Gasteiger partial charge in [-0.1, -0.05) is 30.3 Å². The van der Waals surface area contributed by atoms with E-state index in [0.717, 1.165) is 5.56 Å². The predicted octanol–water partition coefficient (Wildman–Crippen LogP) is 2.41. The molecule has 1 aliphatic rings. The molecule has 1 aliphatic heterocycles. The fourth-order valence-electron chi connectivity index (χ4n) is 2.71. The third-order valence-electron chi connectivity index (χ3n) is 3.96. The summed E-state index contributed by atoms with van der Waals surface area (Å²) in [5, 5.41) is 9.51. The lowest BCUT2D eigenvalue weighted by Crippen LogP contribution is -2.51. The molecule has 1 heterocycles. The fraction of sp³-hybridized carbons (Fsp3) is 0.556. The molecule has 0 spiro atoms. The smallest absolute Gasteiger partial charge is 0.410 e. The number of rotatable bonds is 4. The maximum atomic E-state index is 12.1. The van der Waals surface area contributed by atoms with Gasteiger partial charge >= 0.3 is 12.1 Å². The number of benzene rings is 1. The average Bonchev–Trinajstić information content (AvgIpc) is 2.52. The van der Waals surface area contributed by atoms with Crippen molar-refractivity contribution in [2.45, 2.75) is 32.3 Å². The Morgan fingerprint density at radius 1 is 1.12 bits per heavy atom. The van der Waals surface area contributed by atoms with Crippen LogP contribution in [0.15, 0.2) is 30.3 Å². The Bertz CT molecular complexity index is 560. The molecular weight excluding hydrogens is 308 g/mol. The van der Waals surface area contributed by atoms with Crippen molar-refractivity contribution in [3.63, 3.8) is 0 Å². The molecule has 0 aromatic heterocycles. The topological polar surface area (TPSA) is 70.1 Å². The van der Waals surface area contributed by atoms with Crippen molar-refractivity contribution in [2.24, 2.45) is 0 Å². The monoisotopic (exact) mass is 334 g/mol. The number of piperazine rings is 1. The van der Waals surface area contributed by atoms with Gasteiger partial charge in [-0.15, -0.1) is 0 Å². The summed E-state index contributed by atoms with van der Waals surface area (Å²) < 4.78 is 5.38. The van der Waals surface area contributed by atoms with Crippen molar-refractivity contribution >= 4 is 12.1 Å². The zero-order valence-corrected chi connectivity index (χ0v) is 14.6. The lowest BCUT2D eigenvalue weighted by molar-refractivity contribution is -0.139. The highest BCUT2D eigenvalue weighted by molar-refractivity contribution is 5.76. The summed E-state index contributed by atoms with van der Waals surface area (Å²) in [5.41, 5.74) is 0.301. The minimum atomic E-state index is -0.823. The summed E-state index contributed by atoms with van der Waals surface area (Å²) in [4.78, 5) is 27.4. The van der Waals surface area contributed by atoms with Crippen LogP contribution in [0.25, 0.3) is 0 Å². The third kappa shape index (κ3) is 5.23. The normalized spacial score (nSPS) is 17.4. The first kappa shape index (κ1) is 18.3. The molecule has 0 saturated carbocycles. The molecule has 1 N–H and O–H groups in total. The number of carbonyl (C=O) groups is 2. The van der Waals surface area contributed by atoms with Crippen molar-refractivity contribution in [3.05, 3.63) is 35.9 Å². The van der Waals surface area contributed by atoms with Crippen LogP contribution in [0.2, 0.25) is 0 Å². The third-order valence-corrected chi connectivity index (χ3v) is 3.96. The maximum absolute atomic E-state index is 12.1. The van der Waals surface area contributed by atoms with E-state index >= 15 is 0 Å². The molecule has 1 aromatic carbocycles. The number of ether oxygens (including phenoxy) is 1. The van der Waals surface area contributed by atoms with E-state index in [0.29, 0.717) is 32.7 Å². The Balaban J connectivity index is 1.90. The van der Waals surface area contributed by atoms with Crippen molar-refractivity contribution in [1.82, 2.24) is 9.80 Å². The van der Waals surface area contributed by atoms with Crippen molar-refractivity contribution in [2.75, 3.05) is 32.7 Å². The second-order valence-electron chi connectivity index (χ2n) is 7.07. The Morgan fingerprint density at radius 3 is 2.21 bits per heavy atom. The molecule has 0 aliphatic carbocycles. The molecule has 132 valence electrons. The highest BCUT2D eigenvalue weighted by Gasteiger charge is 2.28. The summed E-state index contributed by atoms with van der Waals surface area (Å²) >= 11 is 0. The van der Waals surface area contributed by atoms with Crippen LogP contribution in [0.3, 0.4) is 0 Å². The molecule has 1 saturated heterocycles. The van der Waals surface area contributed by atoms with Crippen LogP contribution in [-0.4, -0.2) is 65.3 Å². The van der Waals surface area contributed by atoms with Crippen LogP contribution in [0, 0.1) is 0 Å². The summed E-state index contributed by atoms with van der Waals surface area (Å²) in [5.74, 6) is -1.38. The SMILES string of the molecule is CC(C)(C)OC(=O)N1CCN(CC(C(=O)O)c2ccccc2)CC1. The molecule has 1 fully saturated rings. The van der Waals surface area contributed by atoms with Gasteiger partial charge in [0.05, 0.1) is 5.92 Å². The lowest BCUT2D eigenvalue weighted by atomic mass is 9.98. The van der Waals surface area contributed by atoms with Crippen LogP contribution in [0.5, 0.6) is 0 Å². The number of hydrogen-bond acceptors (Lipinski definition) is 4. The molecule has 1 aromatic rings. The van der Waals surface area contributed by atoms with Crippen LogP contribution in [0.4, 0.5) is 4.79 Å². The van der Waals surface area contributed by atoms with E-state index < -0.39 is 17.5 Å².